The number of carboxylic acid groups (broad SMARTS) is 1. The monoisotopic (exact) mass is 264 g/mol. The fourth-order valence-electron chi connectivity index (χ4n) is 1.89. The van der Waals surface area contributed by atoms with Crippen molar-refractivity contribution in [3.8, 4) is 0 Å². The van der Waals surface area contributed by atoms with Crippen LogP contribution in [-0.2, 0) is 0 Å². The van der Waals surface area contributed by atoms with Crippen LogP contribution in [0.25, 0.3) is 0 Å². The maximum Gasteiger partial charge on any atom is 0.404 e. The molecule has 0 bridgehead atoms. The number of hydrogen-bond donors (Lipinski definition) is 3. The molecule has 0 radical (unpaired) electrons. The average Bonchev–Trinajstić information content (AvgIpc) is 2.62. The molecule has 19 heavy (non-hydrogen) atoms. The van der Waals surface area contributed by atoms with Gasteiger partial charge in [0, 0.05) is 6.54 Å². The van der Waals surface area contributed by atoms with E-state index in [4.69, 9.17) is 5.11 Å². The van der Waals surface area contributed by atoms with Crippen molar-refractivity contribution in [2.75, 3.05) is 13.1 Å². The van der Waals surface area contributed by atoms with Gasteiger partial charge in [0.1, 0.15) is 0 Å². The van der Waals surface area contributed by atoms with Gasteiger partial charge < -0.3 is 15.5 Å². The second-order valence-corrected chi connectivity index (χ2v) is 4.11. The molecular formula is C12H12N2O5. The number of hydrogen-bond acceptors (Lipinski definition) is 4. The van der Waals surface area contributed by atoms with E-state index < -0.39 is 24.0 Å². The molecule has 1 aliphatic heterocycles. The summed E-state index contributed by atoms with van der Waals surface area (Å²) in [5.74, 6) is -0.954. The average molecular weight is 264 g/mol. The molecule has 0 saturated carbocycles. The molecule has 0 aliphatic carbocycles. The number of nitrogens with zero attached hydrogens (tertiary/aromatic N) is 1. The highest BCUT2D eigenvalue weighted by molar-refractivity contribution is 6.21. The first-order chi connectivity index (χ1) is 9.00. The van der Waals surface area contributed by atoms with Gasteiger partial charge in [0.25, 0.3) is 11.8 Å². The van der Waals surface area contributed by atoms with Gasteiger partial charge >= 0.3 is 6.09 Å². The third kappa shape index (κ3) is 2.55. The van der Waals surface area contributed by atoms with Crippen LogP contribution in [0.15, 0.2) is 24.3 Å². The first kappa shape index (κ1) is 13.0. The van der Waals surface area contributed by atoms with Gasteiger partial charge in [-0.05, 0) is 12.1 Å². The van der Waals surface area contributed by atoms with E-state index in [0.29, 0.717) is 11.1 Å². The molecular weight excluding hydrogens is 252 g/mol. The van der Waals surface area contributed by atoms with Crippen molar-refractivity contribution in [3.05, 3.63) is 35.4 Å². The predicted molar refractivity (Wildman–Crippen MR) is 63.8 cm³/mol. The lowest BCUT2D eigenvalue weighted by molar-refractivity contribution is 0.0545. The standard InChI is InChI=1S/C12H12N2O5/c15-7(5-13-12(18)19)6-14-10(16)8-3-1-2-4-9(8)11(14)17/h1-4,7,13,15H,5-6H2,(H,18,19). The molecule has 0 fully saturated rings. The predicted octanol–water partition coefficient (Wildman–Crippen LogP) is -0.0889. The number of carbonyl (C=O) groups excluding carboxylic acids is 2. The fraction of sp³-hybridized carbons (Fsp3) is 0.250. The minimum Gasteiger partial charge on any atom is -0.465 e. The number of rotatable bonds is 4. The lowest BCUT2D eigenvalue weighted by atomic mass is 10.1. The van der Waals surface area contributed by atoms with E-state index in [0.717, 1.165) is 4.90 Å². The molecule has 7 heteroatoms. The number of imide groups is 1. The first-order valence-electron chi connectivity index (χ1n) is 5.61. The highest BCUT2D eigenvalue weighted by Gasteiger charge is 2.35. The van der Waals surface area contributed by atoms with Crippen molar-refractivity contribution >= 4 is 17.9 Å². The van der Waals surface area contributed by atoms with E-state index in [2.05, 4.69) is 0 Å². The maximum absolute atomic E-state index is 11.9. The van der Waals surface area contributed by atoms with Crippen LogP contribution in [0, 0.1) is 0 Å². The van der Waals surface area contributed by atoms with Crippen LogP contribution in [0.1, 0.15) is 20.7 Å². The van der Waals surface area contributed by atoms with Gasteiger partial charge in [0.2, 0.25) is 0 Å². The van der Waals surface area contributed by atoms with Crippen molar-refractivity contribution < 1.29 is 24.6 Å². The summed E-state index contributed by atoms with van der Waals surface area (Å²) in [6, 6.07) is 6.38. The van der Waals surface area contributed by atoms with Crippen LogP contribution in [0.5, 0.6) is 0 Å². The molecule has 1 heterocycles. The number of carbonyl (C=O) groups is 3. The SMILES string of the molecule is O=C(O)NCC(O)CN1C(=O)c2ccccc2C1=O. The molecule has 0 spiro atoms. The van der Waals surface area contributed by atoms with Gasteiger partial charge in [-0.15, -0.1) is 0 Å². The van der Waals surface area contributed by atoms with Crippen molar-refractivity contribution in [1.29, 1.82) is 0 Å². The molecule has 0 saturated heterocycles. The molecule has 3 N–H and O–H groups in total. The summed E-state index contributed by atoms with van der Waals surface area (Å²) in [5.41, 5.74) is 0.594. The largest absolute Gasteiger partial charge is 0.465 e. The molecule has 7 nitrogen and oxygen atoms in total. The highest BCUT2D eigenvalue weighted by atomic mass is 16.4. The molecule has 3 amide bonds. The summed E-state index contributed by atoms with van der Waals surface area (Å²) in [7, 11) is 0. The summed E-state index contributed by atoms with van der Waals surface area (Å²) >= 11 is 0. The minimum atomic E-state index is -1.28. The van der Waals surface area contributed by atoms with Crippen molar-refractivity contribution in [3.63, 3.8) is 0 Å². The molecule has 1 unspecified atom stereocenters. The third-order valence-electron chi connectivity index (χ3n) is 2.76. The van der Waals surface area contributed by atoms with Gasteiger partial charge in [-0.2, -0.15) is 0 Å². The summed E-state index contributed by atoms with van der Waals surface area (Å²) in [6.07, 6.45) is -2.42. The summed E-state index contributed by atoms with van der Waals surface area (Å²) in [4.78, 5) is 35.1. The van der Waals surface area contributed by atoms with E-state index in [1.165, 1.54) is 12.1 Å². The lowest BCUT2D eigenvalue weighted by Gasteiger charge is -2.18. The molecule has 1 aromatic carbocycles. The molecule has 1 aliphatic rings. The second kappa shape index (κ2) is 5.07. The number of fused-ring (bicyclic) bond motifs is 1. The lowest BCUT2D eigenvalue weighted by Crippen LogP contribution is -2.42. The Labute approximate surface area is 108 Å². The van der Waals surface area contributed by atoms with E-state index in [1.807, 2.05) is 5.32 Å². The Hall–Kier alpha value is -2.41. The number of amides is 3. The van der Waals surface area contributed by atoms with Crippen LogP contribution in [0.3, 0.4) is 0 Å². The summed E-state index contributed by atoms with van der Waals surface area (Å²) in [6.45, 7) is -0.491. The third-order valence-corrected chi connectivity index (χ3v) is 2.76. The number of aliphatic hydroxyl groups excluding tert-OH is 1. The van der Waals surface area contributed by atoms with Gasteiger partial charge in [-0.1, -0.05) is 12.1 Å². The van der Waals surface area contributed by atoms with Crippen molar-refractivity contribution in [1.82, 2.24) is 10.2 Å². The molecule has 1 aromatic rings. The Balaban J connectivity index is 2.06. The van der Waals surface area contributed by atoms with Crippen LogP contribution in [-0.4, -0.2) is 52.2 Å². The number of β-amino-alcohol motifs (C(OH)–C–C–N with tert-alkyl or cyclic N) is 1. The quantitative estimate of drug-likeness (QED) is 0.659. The molecule has 100 valence electrons. The Kier molecular flexibility index (Phi) is 3.48. The molecule has 1 atom stereocenters. The molecule has 0 aromatic heterocycles. The van der Waals surface area contributed by atoms with Crippen LogP contribution >= 0.6 is 0 Å². The first-order valence-corrected chi connectivity index (χ1v) is 5.61. The Morgan fingerprint density at radius 1 is 1.21 bits per heavy atom. The summed E-state index contributed by atoms with van der Waals surface area (Å²) < 4.78 is 0. The fourth-order valence-corrected chi connectivity index (χ4v) is 1.89. The minimum absolute atomic E-state index is 0.243. The van der Waals surface area contributed by atoms with Crippen LogP contribution in [0.2, 0.25) is 0 Å². The zero-order chi connectivity index (χ0) is 14.0. The Morgan fingerprint density at radius 3 is 2.21 bits per heavy atom. The summed E-state index contributed by atoms with van der Waals surface area (Å²) in [5, 5.41) is 20.0. The van der Waals surface area contributed by atoms with Crippen molar-refractivity contribution in [2.45, 2.75) is 6.10 Å². The number of nitrogens with one attached hydrogen (secondary N) is 1. The van der Waals surface area contributed by atoms with E-state index in [9.17, 15) is 19.5 Å². The van der Waals surface area contributed by atoms with E-state index in [1.54, 1.807) is 12.1 Å². The maximum atomic E-state index is 11.9. The van der Waals surface area contributed by atoms with Gasteiger partial charge in [0.05, 0.1) is 23.8 Å². The Bertz CT molecular complexity index is 508. The zero-order valence-electron chi connectivity index (χ0n) is 9.87. The second-order valence-electron chi connectivity index (χ2n) is 4.11. The van der Waals surface area contributed by atoms with Crippen LogP contribution in [0.4, 0.5) is 4.79 Å². The topological polar surface area (TPSA) is 107 Å². The van der Waals surface area contributed by atoms with Gasteiger partial charge in [-0.3, -0.25) is 14.5 Å². The van der Waals surface area contributed by atoms with Crippen molar-refractivity contribution in [2.24, 2.45) is 0 Å². The smallest absolute Gasteiger partial charge is 0.404 e. The Morgan fingerprint density at radius 2 is 1.74 bits per heavy atom. The normalized spacial score (nSPS) is 15.3. The van der Waals surface area contributed by atoms with Gasteiger partial charge in [0.15, 0.2) is 0 Å². The van der Waals surface area contributed by atoms with Gasteiger partial charge in [-0.25, -0.2) is 4.79 Å². The molecule has 2 rings (SSSR count). The highest BCUT2D eigenvalue weighted by Crippen LogP contribution is 2.22. The van der Waals surface area contributed by atoms with E-state index >= 15 is 0 Å². The number of aliphatic hydroxyl groups is 1. The van der Waals surface area contributed by atoms with E-state index in [-0.39, 0.29) is 13.1 Å². The zero-order valence-corrected chi connectivity index (χ0v) is 9.87. The number of benzene rings is 1. The van der Waals surface area contributed by atoms with Crippen LogP contribution < -0.4 is 5.32 Å².